The van der Waals surface area contributed by atoms with Gasteiger partial charge in [-0.3, -0.25) is 9.59 Å². The van der Waals surface area contributed by atoms with E-state index < -0.39 is 11.9 Å². The number of hydrogen-bond acceptors (Lipinski definition) is 6. The zero-order valence-electron chi connectivity index (χ0n) is 16.3. The number of benzene rings is 2. The molecule has 0 saturated carbocycles. The van der Waals surface area contributed by atoms with E-state index in [2.05, 4.69) is 15.8 Å². The number of furan rings is 1. The first-order valence-corrected chi connectivity index (χ1v) is 8.96. The number of hydrogen-bond donors (Lipinski definition) is 2. The van der Waals surface area contributed by atoms with Gasteiger partial charge in [-0.25, -0.2) is 10.2 Å². The van der Waals surface area contributed by atoms with Gasteiger partial charge in [0.1, 0.15) is 11.5 Å². The van der Waals surface area contributed by atoms with Crippen LogP contribution in [0.5, 0.6) is 0 Å². The number of carbonyl (C=O) groups excluding carboxylic acids is 3. The second kappa shape index (κ2) is 9.33. The smallest absolute Gasteiger partial charge is 0.337 e. The van der Waals surface area contributed by atoms with Crippen molar-refractivity contribution in [2.75, 3.05) is 12.4 Å². The highest BCUT2D eigenvalue weighted by Crippen LogP contribution is 2.23. The first-order chi connectivity index (χ1) is 14.5. The van der Waals surface area contributed by atoms with Crippen molar-refractivity contribution in [3.63, 3.8) is 0 Å². The molecule has 0 spiro atoms. The van der Waals surface area contributed by atoms with Crippen LogP contribution in [-0.4, -0.2) is 31.1 Å². The Morgan fingerprint density at radius 2 is 1.77 bits per heavy atom. The minimum absolute atomic E-state index is 0.226. The third-order valence-electron chi connectivity index (χ3n) is 4.00. The predicted octanol–water partition coefficient (Wildman–Crippen LogP) is 3.46. The van der Waals surface area contributed by atoms with Crippen LogP contribution in [0.2, 0.25) is 0 Å². The van der Waals surface area contributed by atoms with Crippen LogP contribution in [0.15, 0.2) is 70.2 Å². The molecule has 0 bridgehead atoms. The zero-order valence-corrected chi connectivity index (χ0v) is 16.3. The van der Waals surface area contributed by atoms with Gasteiger partial charge >= 0.3 is 5.97 Å². The molecule has 152 valence electrons. The van der Waals surface area contributed by atoms with Crippen molar-refractivity contribution in [1.82, 2.24) is 5.43 Å². The largest absolute Gasteiger partial charge is 0.465 e. The van der Waals surface area contributed by atoms with Crippen molar-refractivity contribution in [1.29, 1.82) is 0 Å². The highest BCUT2D eigenvalue weighted by atomic mass is 16.5. The standard InChI is InChI=1S/C22H19N3O5/c1-14(26)24-18-8-4-6-16(12-18)21(27)25-23-13-19-9-10-20(30-19)15-5-3-7-17(11-15)22(28)29-2/h3-13H,1-2H3,(H,24,26)(H,25,27). The minimum atomic E-state index is -0.435. The quantitative estimate of drug-likeness (QED) is 0.371. The molecule has 0 aliphatic carbocycles. The van der Waals surface area contributed by atoms with E-state index in [-0.39, 0.29) is 5.91 Å². The van der Waals surface area contributed by atoms with Gasteiger partial charge in [-0.05, 0) is 42.5 Å². The summed E-state index contributed by atoms with van der Waals surface area (Å²) in [5.74, 6) is -0.139. The van der Waals surface area contributed by atoms with Gasteiger partial charge in [0.25, 0.3) is 5.91 Å². The van der Waals surface area contributed by atoms with E-state index in [1.54, 1.807) is 60.7 Å². The maximum atomic E-state index is 12.2. The van der Waals surface area contributed by atoms with Gasteiger partial charge in [0.05, 0.1) is 18.9 Å². The van der Waals surface area contributed by atoms with Crippen molar-refractivity contribution in [3.8, 4) is 11.3 Å². The molecule has 3 rings (SSSR count). The van der Waals surface area contributed by atoms with Crippen molar-refractivity contribution < 1.29 is 23.5 Å². The third-order valence-corrected chi connectivity index (χ3v) is 4.00. The van der Waals surface area contributed by atoms with E-state index in [0.717, 1.165) is 0 Å². The number of amides is 2. The second-order valence-electron chi connectivity index (χ2n) is 6.24. The third kappa shape index (κ3) is 5.20. The topological polar surface area (TPSA) is 110 Å². The minimum Gasteiger partial charge on any atom is -0.465 e. The SMILES string of the molecule is COC(=O)c1cccc(-c2ccc(C=NNC(=O)c3cccc(NC(C)=O)c3)o2)c1. The molecule has 0 radical (unpaired) electrons. The van der Waals surface area contributed by atoms with Gasteiger partial charge in [0.2, 0.25) is 5.91 Å². The highest BCUT2D eigenvalue weighted by molar-refractivity contribution is 5.97. The van der Waals surface area contributed by atoms with Crippen molar-refractivity contribution in [3.05, 3.63) is 77.6 Å². The number of carbonyl (C=O) groups is 3. The molecule has 2 aromatic carbocycles. The molecule has 8 heteroatoms. The van der Waals surface area contributed by atoms with Crippen molar-refractivity contribution in [2.45, 2.75) is 6.92 Å². The van der Waals surface area contributed by atoms with Gasteiger partial charge in [-0.1, -0.05) is 18.2 Å². The fourth-order valence-electron chi connectivity index (χ4n) is 2.66. The van der Waals surface area contributed by atoms with E-state index in [9.17, 15) is 14.4 Å². The molecule has 30 heavy (non-hydrogen) atoms. The van der Waals surface area contributed by atoms with Crippen molar-refractivity contribution >= 4 is 29.7 Å². The molecule has 2 N–H and O–H groups in total. The zero-order chi connectivity index (χ0) is 21.5. The van der Waals surface area contributed by atoms with Crippen LogP contribution >= 0.6 is 0 Å². The molecule has 0 aliphatic rings. The number of anilines is 1. The molecule has 3 aromatic rings. The second-order valence-corrected chi connectivity index (χ2v) is 6.24. The Labute approximate surface area is 172 Å². The Kier molecular flexibility index (Phi) is 6.39. The Hall–Kier alpha value is -4.20. The Balaban J connectivity index is 1.66. The fourth-order valence-corrected chi connectivity index (χ4v) is 2.66. The summed E-state index contributed by atoms with van der Waals surface area (Å²) >= 11 is 0. The lowest BCUT2D eigenvalue weighted by Crippen LogP contribution is -2.18. The predicted molar refractivity (Wildman–Crippen MR) is 111 cm³/mol. The maximum Gasteiger partial charge on any atom is 0.337 e. The summed E-state index contributed by atoms with van der Waals surface area (Å²) in [4.78, 5) is 35.0. The number of methoxy groups -OCH3 is 1. The molecule has 2 amide bonds. The molecule has 0 saturated heterocycles. The van der Waals surface area contributed by atoms with E-state index in [1.165, 1.54) is 20.2 Å². The average molecular weight is 405 g/mol. The number of hydrazone groups is 1. The Morgan fingerprint density at radius 1 is 1.00 bits per heavy atom. The van der Waals surface area contributed by atoms with E-state index >= 15 is 0 Å². The van der Waals surface area contributed by atoms with Crippen LogP contribution in [0.1, 0.15) is 33.4 Å². The molecule has 0 atom stereocenters. The number of ether oxygens (including phenoxy) is 1. The summed E-state index contributed by atoms with van der Waals surface area (Å²) in [5, 5.41) is 6.51. The van der Waals surface area contributed by atoms with E-state index in [1.807, 2.05) is 0 Å². The van der Waals surface area contributed by atoms with Gasteiger partial charge in [-0.2, -0.15) is 5.10 Å². The number of rotatable bonds is 6. The highest BCUT2D eigenvalue weighted by Gasteiger charge is 2.10. The summed E-state index contributed by atoms with van der Waals surface area (Å²) in [5.41, 5.74) is 4.39. The van der Waals surface area contributed by atoms with Crippen LogP contribution in [0, 0.1) is 0 Å². The van der Waals surface area contributed by atoms with Gasteiger partial charge in [-0.15, -0.1) is 0 Å². The number of nitrogens with zero attached hydrogens (tertiary/aromatic N) is 1. The molecule has 0 unspecified atom stereocenters. The van der Waals surface area contributed by atoms with Crippen LogP contribution in [0.25, 0.3) is 11.3 Å². The van der Waals surface area contributed by atoms with Crippen LogP contribution < -0.4 is 10.7 Å². The normalized spacial score (nSPS) is 10.6. The van der Waals surface area contributed by atoms with E-state index in [0.29, 0.717) is 33.9 Å². The lowest BCUT2D eigenvalue weighted by molar-refractivity contribution is -0.114. The van der Waals surface area contributed by atoms with Gasteiger partial charge < -0.3 is 14.5 Å². The molecule has 1 aromatic heterocycles. The lowest BCUT2D eigenvalue weighted by atomic mass is 10.1. The molecule has 8 nitrogen and oxygen atoms in total. The van der Waals surface area contributed by atoms with Crippen LogP contribution in [0.4, 0.5) is 5.69 Å². The van der Waals surface area contributed by atoms with Crippen LogP contribution in [0.3, 0.4) is 0 Å². The first-order valence-electron chi connectivity index (χ1n) is 8.96. The van der Waals surface area contributed by atoms with Crippen LogP contribution in [-0.2, 0) is 9.53 Å². The van der Waals surface area contributed by atoms with Gasteiger partial charge in [0.15, 0.2) is 0 Å². The molecular weight excluding hydrogens is 386 g/mol. The molecule has 1 heterocycles. The average Bonchev–Trinajstić information content (AvgIpc) is 3.22. The summed E-state index contributed by atoms with van der Waals surface area (Å²) < 4.78 is 10.4. The Morgan fingerprint density at radius 3 is 2.53 bits per heavy atom. The molecular formula is C22H19N3O5. The first kappa shape index (κ1) is 20.5. The summed E-state index contributed by atoms with van der Waals surface area (Å²) in [7, 11) is 1.32. The van der Waals surface area contributed by atoms with E-state index in [4.69, 9.17) is 9.15 Å². The van der Waals surface area contributed by atoms with Crippen molar-refractivity contribution in [2.24, 2.45) is 5.10 Å². The van der Waals surface area contributed by atoms with Gasteiger partial charge in [0, 0.05) is 23.7 Å². The monoisotopic (exact) mass is 405 g/mol. The fraction of sp³-hybridized carbons (Fsp3) is 0.0909. The Bertz CT molecular complexity index is 1120. The summed E-state index contributed by atoms with van der Waals surface area (Å²) in [6.07, 6.45) is 1.36. The number of nitrogens with one attached hydrogen (secondary N) is 2. The molecule has 0 aliphatic heterocycles. The lowest BCUT2D eigenvalue weighted by Gasteiger charge is -2.04. The number of esters is 1. The summed E-state index contributed by atoms with van der Waals surface area (Å²) in [6.45, 7) is 1.39. The maximum absolute atomic E-state index is 12.2. The summed E-state index contributed by atoms with van der Waals surface area (Å²) in [6, 6.07) is 16.8. The molecule has 0 fully saturated rings.